The van der Waals surface area contributed by atoms with Gasteiger partial charge in [-0.25, -0.2) is 8.78 Å². The number of fused-ring (bicyclic) bond motifs is 1. The van der Waals surface area contributed by atoms with Crippen molar-refractivity contribution in [2.24, 2.45) is 0 Å². The van der Waals surface area contributed by atoms with Gasteiger partial charge in [-0.3, -0.25) is 0 Å². The van der Waals surface area contributed by atoms with Gasteiger partial charge in [-0.1, -0.05) is 12.1 Å². The summed E-state index contributed by atoms with van der Waals surface area (Å²) >= 11 is 0. The molecular formula is C22H22F5N5. The number of alkyl halides is 3. The smallest absolute Gasteiger partial charge is 0.367 e. The van der Waals surface area contributed by atoms with Gasteiger partial charge >= 0.3 is 6.18 Å². The largest absolute Gasteiger partial charge is 0.419 e. The van der Waals surface area contributed by atoms with E-state index in [1.165, 1.54) is 12.1 Å². The van der Waals surface area contributed by atoms with E-state index in [2.05, 4.69) is 20.4 Å². The molecule has 1 saturated heterocycles. The average molecular weight is 451 g/mol. The lowest BCUT2D eigenvalue weighted by Gasteiger charge is -2.34. The van der Waals surface area contributed by atoms with Gasteiger partial charge in [0.1, 0.15) is 11.6 Å². The molecule has 170 valence electrons. The zero-order valence-corrected chi connectivity index (χ0v) is 17.6. The molecule has 0 radical (unpaired) electrons. The minimum absolute atomic E-state index is 0.156. The topological polar surface area (TPSA) is 44.3 Å². The van der Waals surface area contributed by atoms with Crippen LogP contribution in [-0.4, -0.2) is 48.3 Å². The van der Waals surface area contributed by atoms with Crippen LogP contribution in [0.2, 0.25) is 0 Å². The molecule has 32 heavy (non-hydrogen) atoms. The number of likely N-dealkylation sites (N-methyl/N-ethyl adjacent to an activating group) is 1. The van der Waals surface area contributed by atoms with E-state index in [1.54, 1.807) is 13.0 Å². The summed E-state index contributed by atoms with van der Waals surface area (Å²) < 4.78 is 68.3. The van der Waals surface area contributed by atoms with E-state index in [4.69, 9.17) is 0 Å². The number of nitrogens with one attached hydrogen (secondary N) is 1. The highest BCUT2D eigenvalue weighted by Crippen LogP contribution is 2.34. The number of halogens is 5. The fourth-order valence-electron chi connectivity index (χ4n) is 3.82. The molecule has 1 N–H and O–H groups in total. The fraction of sp³-hybridized carbons (Fsp3) is 0.364. The minimum atomic E-state index is -4.79. The van der Waals surface area contributed by atoms with Gasteiger partial charge < -0.3 is 15.1 Å². The average Bonchev–Trinajstić information content (AvgIpc) is 2.74. The molecule has 2 aromatic carbocycles. The highest BCUT2D eigenvalue weighted by atomic mass is 19.4. The summed E-state index contributed by atoms with van der Waals surface area (Å²) in [4.78, 5) is 4.10. The maximum Gasteiger partial charge on any atom is 0.419 e. The van der Waals surface area contributed by atoms with Crippen molar-refractivity contribution in [3.63, 3.8) is 0 Å². The first-order valence-electron chi connectivity index (χ1n) is 10.1. The summed E-state index contributed by atoms with van der Waals surface area (Å²) in [5.41, 5.74) is -0.543. The number of aromatic nitrogens is 2. The fourth-order valence-corrected chi connectivity index (χ4v) is 3.82. The Morgan fingerprint density at radius 3 is 2.41 bits per heavy atom. The zero-order valence-electron chi connectivity index (χ0n) is 17.6. The second kappa shape index (κ2) is 8.50. The van der Waals surface area contributed by atoms with Crippen LogP contribution in [0.15, 0.2) is 30.3 Å². The maximum atomic E-state index is 14.9. The quantitative estimate of drug-likeness (QED) is 0.588. The summed E-state index contributed by atoms with van der Waals surface area (Å²) in [5.74, 6) is -1.47. The molecule has 1 aliphatic heterocycles. The highest BCUT2D eigenvalue weighted by molar-refractivity contribution is 5.95. The minimum Gasteiger partial charge on any atom is -0.367 e. The molecule has 0 atom stereocenters. The van der Waals surface area contributed by atoms with Crippen molar-refractivity contribution in [1.82, 2.24) is 15.1 Å². The summed E-state index contributed by atoms with van der Waals surface area (Å²) in [6.45, 7) is 4.38. The molecule has 0 saturated carbocycles. The van der Waals surface area contributed by atoms with E-state index in [0.717, 1.165) is 19.2 Å². The summed E-state index contributed by atoms with van der Waals surface area (Å²) in [7, 11) is 2.00. The zero-order chi connectivity index (χ0) is 23.0. The van der Waals surface area contributed by atoms with Crippen molar-refractivity contribution in [3.8, 4) is 0 Å². The maximum absolute atomic E-state index is 14.9. The third kappa shape index (κ3) is 4.32. The predicted molar refractivity (Wildman–Crippen MR) is 113 cm³/mol. The molecule has 0 spiro atoms. The summed E-state index contributed by atoms with van der Waals surface area (Å²) in [6, 6.07) is 6.19. The molecule has 2 heterocycles. The first-order valence-corrected chi connectivity index (χ1v) is 10.1. The van der Waals surface area contributed by atoms with Crippen LogP contribution in [0.25, 0.3) is 10.8 Å². The molecule has 1 fully saturated rings. The third-order valence-corrected chi connectivity index (χ3v) is 5.71. The van der Waals surface area contributed by atoms with Crippen LogP contribution in [0.5, 0.6) is 0 Å². The first-order chi connectivity index (χ1) is 15.1. The van der Waals surface area contributed by atoms with Crippen molar-refractivity contribution in [1.29, 1.82) is 0 Å². The van der Waals surface area contributed by atoms with Crippen molar-refractivity contribution < 1.29 is 22.0 Å². The lowest BCUT2D eigenvalue weighted by atomic mass is 10.1. The molecule has 3 aromatic rings. The Hall–Kier alpha value is -3.01. The molecule has 1 aromatic heterocycles. The molecule has 0 bridgehead atoms. The van der Waals surface area contributed by atoms with E-state index in [0.29, 0.717) is 41.3 Å². The lowest BCUT2D eigenvalue weighted by Crippen LogP contribution is -2.44. The van der Waals surface area contributed by atoms with Crippen molar-refractivity contribution in [2.45, 2.75) is 19.6 Å². The van der Waals surface area contributed by atoms with Gasteiger partial charge in [0.15, 0.2) is 5.82 Å². The second-order valence-corrected chi connectivity index (χ2v) is 7.90. The number of hydrogen-bond donors (Lipinski definition) is 1. The lowest BCUT2D eigenvalue weighted by molar-refractivity contribution is -0.140. The molecule has 0 aliphatic carbocycles. The first kappa shape index (κ1) is 22.2. The normalized spacial score (nSPS) is 15.4. The molecule has 5 nitrogen and oxygen atoms in total. The van der Waals surface area contributed by atoms with Gasteiger partial charge in [0, 0.05) is 49.1 Å². The number of benzene rings is 2. The molecule has 0 unspecified atom stereocenters. The van der Waals surface area contributed by atoms with E-state index in [9.17, 15) is 22.0 Å². The predicted octanol–water partition coefficient (Wildman–Crippen LogP) is 4.60. The Balaban J connectivity index is 1.68. The highest BCUT2D eigenvalue weighted by Gasteiger charge is 2.34. The van der Waals surface area contributed by atoms with Crippen LogP contribution in [0.3, 0.4) is 0 Å². The standard InChI is InChI=1S/C22H22F5N5/c1-13-15-10-18(23)19(32-8-6-31(2)7-9-32)11-16(15)21(30-29-13)28-12-14-4-3-5-17(20(14)24)22(25,26)27/h3-5,10-11H,6-9,12H2,1-2H3,(H,28,30). The van der Waals surface area contributed by atoms with Gasteiger partial charge in [-0.15, -0.1) is 5.10 Å². The Morgan fingerprint density at radius 1 is 1.00 bits per heavy atom. The van der Waals surface area contributed by atoms with Gasteiger partial charge in [-0.05, 0) is 32.2 Å². The van der Waals surface area contributed by atoms with E-state index < -0.39 is 17.6 Å². The Bertz CT molecular complexity index is 1140. The number of hydrogen-bond acceptors (Lipinski definition) is 5. The molecule has 10 heteroatoms. The SMILES string of the molecule is Cc1nnc(NCc2cccc(C(F)(F)F)c2F)c2cc(N3CCN(C)CC3)c(F)cc12. The summed E-state index contributed by atoms with van der Waals surface area (Å²) in [6.07, 6.45) is -4.79. The van der Waals surface area contributed by atoms with Gasteiger partial charge in [0.05, 0.1) is 16.9 Å². The number of nitrogens with zero attached hydrogens (tertiary/aromatic N) is 4. The van der Waals surface area contributed by atoms with Crippen LogP contribution in [0, 0.1) is 18.6 Å². The molecule has 1 aliphatic rings. The number of rotatable bonds is 4. The van der Waals surface area contributed by atoms with Crippen LogP contribution < -0.4 is 10.2 Å². The van der Waals surface area contributed by atoms with Gasteiger partial charge in [0.25, 0.3) is 0 Å². The Labute approximate surface area is 181 Å². The van der Waals surface area contributed by atoms with E-state index in [-0.39, 0.29) is 23.7 Å². The van der Waals surface area contributed by atoms with Crippen LogP contribution >= 0.6 is 0 Å². The number of anilines is 2. The van der Waals surface area contributed by atoms with Crippen molar-refractivity contribution in [2.75, 3.05) is 43.4 Å². The Kier molecular flexibility index (Phi) is 5.89. The molecule has 0 amide bonds. The van der Waals surface area contributed by atoms with Crippen LogP contribution in [0.4, 0.5) is 33.5 Å². The van der Waals surface area contributed by atoms with Crippen LogP contribution in [0.1, 0.15) is 16.8 Å². The van der Waals surface area contributed by atoms with E-state index >= 15 is 0 Å². The second-order valence-electron chi connectivity index (χ2n) is 7.90. The van der Waals surface area contributed by atoms with E-state index in [1.807, 2.05) is 11.9 Å². The third-order valence-electron chi connectivity index (χ3n) is 5.71. The Morgan fingerprint density at radius 2 is 1.72 bits per heavy atom. The molecular weight excluding hydrogens is 429 g/mol. The number of piperazine rings is 1. The monoisotopic (exact) mass is 451 g/mol. The van der Waals surface area contributed by atoms with Gasteiger partial charge in [-0.2, -0.15) is 18.3 Å². The number of aryl methyl sites for hydroxylation is 1. The van der Waals surface area contributed by atoms with Crippen molar-refractivity contribution >= 4 is 22.3 Å². The summed E-state index contributed by atoms with van der Waals surface area (Å²) in [5, 5.41) is 12.1. The molecule has 4 rings (SSSR count). The van der Waals surface area contributed by atoms with Crippen molar-refractivity contribution in [3.05, 3.63) is 58.8 Å². The van der Waals surface area contributed by atoms with Crippen LogP contribution in [-0.2, 0) is 12.7 Å². The van der Waals surface area contributed by atoms with Gasteiger partial charge in [0.2, 0.25) is 0 Å².